The normalized spacial score (nSPS) is 17.8. The smallest absolute Gasteiger partial charge is 0.335 e. The number of amides is 1. The molecule has 0 unspecified atom stereocenters. The average molecular weight is 324 g/mol. The number of carbonyl (C=O) groups excluding carboxylic acids is 1. The van der Waals surface area contributed by atoms with Crippen LogP contribution >= 0.6 is 0 Å². The van der Waals surface area contributed by atoms with Gasteiger partial charge in [-0.25, -0.2) is 4.79 Å². The Hall–Kier alpha value is -2.82. The number of fused-ring (bicyclic) bond motifs is 1. The molecule has 2 N–H and O–H groups in total. The van der Waals surface area contributed by atoms with Crippen molar-refractivity contribution < 1.29 is 14.7 Å². The van der Waals surface area contributed by atoms with E-state index in [0.717, 1.165) is 17.7 Å². The first kappa shape index (κ1) is 16.1. The SMILES string of the molecule is CC[C@@H](C)N1C(=O)c2ccccc2N[C@@H]1c1ccc(C(=O)O)cc1. The number of aromatic carboxylic acids is 1. The molecule has 0 saturated heterocycles. The molecule has 1 aliphatic rings. The number of hydrogen-bond donors (Lipinski definition) is 2. The molecule has 24 heavy (non-hydrogen) atoms. The number of anilines is 1. The van der Waals surface area contributed by atoms with Gasteiger partial charge < -0.3 is 15.3 Å². The molecule has 0 fully saturated rings. The molecule has 0 aliphatic carbocycles. The summed E-state index contributed by atoms with van der Waals surface area (Å²) in [5, 5.41) is 12.5. The molecule has 5 nitrogen and oxygen atoms in total. The van der Waals surface area contributed by atoms with Crippen LogP contribution in [0.25, 0.3) is 0 Å². The number of nitrogens with one attached hydrogen (secondary N) is 1. The monoisotopic (exact) mass is 324 g/mol. The highest BCUT2D eigenvalue weighted by Crippen LogP contribution is 2.35. The minimum Gasteiger partial charge on any atom is -0.478 e. The Morgan fingerprint density at radius 1 is 1.21 bits per heavy atom. The fraction of sp³-hybridized carbons (Fsp3) is 0.263. The third-order valence-electron chi connectivity index (χ3n) is 4.50. The van der Waals surface area contributed by atoms with Crippen molar-refractivity contribution in [2.24, 2.45) is 0 Å². The number of carboxylic acid groups (broad SMARTS) is 1. The molecule has 0 saturated carbocycles. The van der Waals surface area contributed by atoms with Crippen LogP contribution in [0.5, 0.6) is 0 Å². The standard InChI is InChI=1S/C19H20N2O3/c1-3-12(2)21-17(13-8-10-14(11-9-13)19(23)24)20-16-7-5-4-6-15(16)18(21)22/h4-12,17,20H,3H2,1-2H3,(H,23,24)/t12-,17+/m1/s1. The molecule has 0 bridgehead atoms. The van der Waals surface area contributed by atoms with Gasteiger partial charge in [0.05, 0.1) is 11.1 Å². The predicted molar refractivity (Wildman–Crippen MR) is 92.1 cm³/mol. The number of benzene rings is 2. The molecule has 0 spiro atoms. The van der Waals surface area contributed by atoms with E-state index >= 15 is 0 Å². The lowest BCUT2D eigenvalue weighted by atomic mass is 10.00. The van der Waals surface area contributed by atoms with Gasteiger partial charge in [0.15, 0.2) is 0 Å². The van der Waals surface area contributed by atoms with Gasteiger partial charge in [-0.05, 0) is 43.2 Å². The van der Waals surface area contributed by atoms with Crippen molar-refractivity contribution in [3.63, 3.8) is 0 Å². The Morgan fingerprint density at radius 3 is 2.50 bits per heavy atom. The van der Waals surface area contributed by atoms with Gasteiger partial charge in [0.2, 0.25) is 0 Å². The van der Waals surface area contributed by atoms with Gasteiger partial charge in [-0.2, -0.15) is 0 Å². The maximum atomic E-state index is 13.0. The fourth-order valence-electron chi connectivity index (χ4n) is 2.97. The summed E-state index contributed by atoms with van der Waals surface area (Å²) in [7, 11) is 0. The molecule has 1 aliphatic heterocycles. The van der Waals surface area contributed by atoms with Crippen molar-refractivity contribution in [1.29, 1.82) is 0 Å². The van der Waals surface area contributed by atoms with Gasteiger partial charge in [0.25, 0.3) is 5.91 Å². The van der Waals surface area contributed by atoms with Crippen LogP contribution in [0.4, 0.5) is 5.69 Å². The molecule has 2 atom stereocenters. The Balaban J connectivity index is 2.03. The first-order chi connectivity index (χ1) is 11.5. The second kappa shape index (κ2) is 6.35. The Kier molecular flexibility index (Phi) is 4.25. The minimum absolute atomic E-state index is 0.00832. The highest BCUT2D eigenvalue weighted by molar-refractivity contribution is 6.02. The Bertz CT molecular complexity index is 770. The Morgan fingerprint density at radius 2 is 1.88 bits per heavy atom. The lowest BCUT2D eigenvalue weighted by molar-refractivity contribution is 0.0592. The quantitative estimate of drug-likeness (QED) is 0.898. The Labute approximate surface area is 140 Å². The molecule has 2 aromatic rings. The molecule has 0 aromatic heterocycles. The van der Waals surface area contributed by atoms with Crippen molar-refractivity contribution in [3.8, 4) is 0 Å². The highest BCUT2D eigenvalue weighted by atomic mass is 16.4. The van der Waals surface area contributed by atoms with Gasteiger partial charge in [0, 0.05) is 11.7 Å². The molecule has 2 aromatic carbocycles. The minimum atomic E-state index is -0.960. The van der Waals surface area contributed by atoms with Crippen LogP contribution in [-0.4, -0.2) is 27.9 Å². The molecule has 0 radical (unpaired) electrons. The van der Waals surface area contributed by atoms with Crippen LogP contribution in [-0.2, 0) is 0 Å². The fourth-order valence-corrected chi connectivity index (χ4v) is 2.97. The van der Waals surface area contributed by atoms with E-state index in [1.807, 2.05) is 43.0 Å². The van der Waals surface area contributed by atoms with Gasteiger partial charge in [0.1, 0.15) is 6.17 Å². The van der Waals surface area contributed by atoms with Crippen molar-refractivity contribution in [2.75, 3.05) is 5.32 Å². The zero-order valence-electron chi connectivity index (χ0n) is 13.7. The molecule has 124 valence electrons. The van der Waals surface area contributed by atoms with E-state index in [2.05, 4.69) is 5.32 Å². The maximum Gasteiger partial charge on any atom is 0.335 e. The van der Waals surface area contributed by atoms with Crippen molar-refractivity contribution in [1.82, 2.24) is 4.90 Å². The molecular weight excluding hydrogens is 304 g/mol. The average Bonchev–Trinajstić information content (AvgIpc) is 2.61. The van der Waals surface area contributed by atoms with E-state index in [1.165, 1.54) is 0 Å². The number of carbonyl (C=O) groups is 2. The zero-order valence-corrected chi connectivity index (χ0v) is 13.7. The van der Waals surface area contributed by atoms with Gasteiger partial charge in [-0.15, -0.1) is 0 Å². The van der Waals surface area contributed by atoms with E-state index in [-0.39, 0.29) is 23.7 Å². The van der Waals surface area contributed by atoms with E-state index in [1.54, 1.807) is 24.3 Å². The number of carboxylic acids is 1. The van der Waals surface area contributed by atoms with Gasteiger partial charge >= 0.3 is 5.97 Å². The van der Waals surface area contributed by atoms with Crippen LogP contribution in [0.15, 0.2) is 48.5 Å². The summed E-state index contributed by atoms with van der Waals surface area (Å²) in [5.74, 6) is -0.968. The summed E-state index contributed by atoms with van der Waals surface area (Å²) in [6, 6.07) is 14.2. The largest absolute Gasteiger partial charge is 0.478 e. The number of para-hydroxylation sites is 1. The molecular formula is C19H20N2O3. The second-order valence-electron chi connectivity index (χ2n) is 5.99. The molecule has 1 heterocycles. The number of nitrogens with zero attached hydrogens (tertiary/aromatic N) is 1. The molecule has 3 rings (SSSR count). The number of rotatable bonds is 4. The summed E-state index contributed by atoms with van der Waals surface area (Å²) in [6.07, 6.45) is 0.518. The predicted octanol–water partition coefficient (Wildman–Crippen LogP) is 3.75. The second-order valence-corrected chi connectivity index (χ2v) is 5.99. The maximum absolute atomic E-state index is 13.0. The molecule has 5 heteroatoms. The van der Waals surface area contributed by atoms with Gasteiger partial charge in [-0.1, -0.05) is 31.2 Å². The van der Waals surface area contributed by atoms with Crippen LogP contribution in [0, 0.1) is 0 Å². The van der Waals surface area contributed by atoms with Crippen LogP contribution in [0.2, 0.25) is 0 Å². The zero-order chi connectivity index (χ0) is 17.3. The lowest BCUT2D eigenvalue weighted by Crippen LogP contribution is -2.47. The summed E-state index contributed by atoms with van der Waals surface area (Å²) in [5.41, 5.74) is 2.56. The van der Waals surface area contributed by atoms with Crippen molar-refractivity contribution >= 4 is 17.6 Å². The summed E-state index contributed by atoms with van der Waals surface area (Å²) in [4.78, 5) is 25.8. The summed E-state index contributed by atoms with van der Waals surface area (Å²) < 4.78 is 0. The van der Waals surface area contributed by atoms with Gasteiger partial charge in [-0.3, -0.25) is 4.79 Å². The third kappa shape index (κ3) is 2.73. The summed E-state index contributed by atoms with van der Waals surface area (Å²) in [6.45, 7) is 4.06. The number of hydrogen-bond acceptors (Lipinski definition) is 3. The first-order valence-electron chi connectivity index (χ1n) is 8.04. The lowest BCUT2D eigenvalue weighted by Gasteiger charge is -2.41. The topological polar surface area (TPSA) is 69.6 Å². The van der Waals surface area contributed by atoms with E-state index in [0.29, 0.717) is 5.56 Å². The highest BCUT2D eigenvalue weighted by Gasteiger charge is 2.35. The van der Waals surface area contributed by atoms with Crippen LogP contribution < -0.4 is 5.32 Å². The van der Waals surface area contributed by atoms with Crippen LogP contribution in [0.1, 0.15) is 52.7 Å². The van der Waals surface area contributed by atoms with Crippen LogP contribution in [0.3, 0.4) is 0 Å². The first-order valence-corrected chi connectivity index (χ1v) is 8.04. The van der Waals surface area contributed by atoms with Crippen molar-refractivity contribution in [2.45, 2.75) is 32.5 Å². The summed E-state index contributed by atoms with van der Waals surface area (Å²) >= 11 is 0. The van der Waals surface area contributed by atoms with E-state index in [9.17, 15) is 9.59 Å². The molecule has 1 amide bonds. The van der Waals surface area contributed by atoms with Crippen molar-refractivity contribution in [3.05, 3.63) is 65.2 Å². The third-order valence-corrected chi connectivity index (χ3v) is 4.50. The van der Waals surface area contributed by atoms with E-state index in [4.69, 9.17) is 5.11 Å². The van der Waals surface area contributed by atoms with E-state index < -0.39 is 5.97 Å².